The second kappa shape index (κ2) is 8.24. The summed E-state index contributed by atoms with van der Waals surface area (Å²) < 4.78 is 30.7. The molecule has 0 N–H and O–H groups in total. The first-order chi connectivity index (χ1) is 12.7. The molecule has 1 aromatic rings. The molecule has 0 amide bonds. The average Bonchev–Trinajstić information content (AvgIpc) is 2.62. The van der Waals surface area contributed by atoms with E-state index in [1.165, 1.54) is 25.7 Å². The lowest BCUT2D eigenvalue weighted by molar-refractivity contribution is 0.0251. The molecule has 0 heterocycles. The molecule has 0 bridgehead atoms. The van der Waals surface area contributed by atoms with Gasteiger partial charge in [0.25, 0.3) is 10.1 Å². The van der Waals surface area contributed by atoms with Gasteiger partial charge < -0.3 is 0 Å². The van der Waals surface area contributed by atoms with Crippen LogP contribution in [0, 0.1) is 30.1 Å². The summed E-state index contributed by atoms with van der Waals surface area (Å²) in [4.78, 5) is 0.270. The number of aryl methyl sites for hydroxylation is 1. The van der Waals surface area contributed by atoms with Crippen LogP contribution in [0.3, 0.4) is 0 Å². The first-order valence-electron chi connectivity index (χ1n) is 10.7. The fourth-order valence-electron chi connectivity index (χ4n) is 5.18. The first-order valence-corrected chi connectivity index (χ1v) is 12.1. The second-order valence-electron chi connectivity index (χ2n) is 9.62. The number of hydrogen-bond acceptors (Lipinski definition) is 3. The van der Waals surface area contributed by atoms with Gasteiger partial charge in [-0.2, -0.15) is 8.42 Å². The van der Waals surface area contributed by atoms with Crippen LogP contribution in [0.1, 0.15) is 77.7 Å². The van der Waals surface area contributed by atoms with E-state index >= 15 is 0 Å². The fourth-order valence-corrected chi connectivity index (χ4v) is 6.31. The van der Waals surface area contributed by atoms with Gasteiger partial charge >= 0.3 is 0 Å². The van der Waals surface area contributed by atoms with E-state index in [4.69, 9.17) is 4.18 Å². The molecule has 1 aromatic carbocycles. The van der Waals surface area contributed by atoms with Gasteiger partial charge in [0.2, 0.25) is 0 Å². The lowest BCUT2D eigenvalue weighted by atomic mass is 9.60. The third kappa shape index (κ3) is 4.95. The maximum atomic E-state index is 12.5. The first kappa shape index (κ1) is 20.9. The SMILES string of the molecule is Cc1ccc(S(=O)(=O)OC2CCC(C(C)(C)C3CCC(C)CC3)CC2)cc1. The zero-order valence-corrected chi connectivity index (χ0v) is 18.2. The molecular formula is C23H36O3S. The van der Waals surface area contributed by atoms with E-state index in [0.29, 0.717) is 11.3 Å². The minimum atomic E-state index is -3.66. The van der Waals surface area contributed by atoms with Gasteiger partial charge in [0.1, 0.15) is 0 Å². The monoisotopic (exact) mass is 392 g/mol. The highest BCUT2D eigenvalue weighted by atomic mass is 32.2. The van der Waals surface area contributed by atoms with E-state index in [-0.39, 0.29) is 11.0 Å². The van der Waals surface area contributed by atoms with Gasteiger partial charge in [-0.25, -0.2) is 0 Å². The van der Waals surface area contributed by atoms with Crippen LogP contribution in [-0.2, 0) is 14.3 Å². The molecule has 0 unspecified atom stereocenters. The van der Waals surface area contributed by atoms with Crippen molar-refractivity contribution in [2.75, 3.05) is 0 Å². The third-order valence-corrected chi connectivity index (χ3v) is 8.74. The molecule has 0 aromatic heterocycles. The highest BCUT2D eigenvalue weighted by molar-refractivity contribution is 7.86. The van der Waals surface area contributed by atoms with Gasteiger partial charge in [0.15, 0.2) is 0 Å². The van der Waals surface area contributed by atoms with Crippen LogP contribution in [0.4, 0.5) is 0 Å². The molecule has 2 aliphatic carbocycles. The minimum absolute atomic E-state index is 0.172. The Kier molecular flexibility index (Phi) is 6.37. The summed E-state index contributed by atoms with van der Waals surface area (Å²) >= 11 is 0. The smallest absolute Gasteiger partial charge is 0.263 e. The predicted octanol–water partition coefficient (Wildman–Crippen LogP) is 6.11. The van der Waals surface area contributed by atoms with Crippen molar-refractivity contribution in [3.63, 3.8) is 0 Å². The standard InChI is InChI=1S/C23H36O3S/c1-17-5-9-19(10-6-17)23(3,4)20-11-13-21(14-12-20)26-27(24,25)22-15-7-18(2)8-16-22/h7-8,15-17,19-21H,5-6,9-14H2,1-4H3. The van der Waals surface area contributed by atoms with E-state index in [1.54, 1.807) is 12.1 Å². The van der Waals surface area contributed by atoms with Crippen molar-refractivity contribution in [3.05, 3.63) is 29.8 Å². The fraction of sp³-hybridized carbons (Fsp3) is 0.739. The van der Waals surface area contributed by atoms with Crippen molar-refractivity contribution in [3.8, 4) is 0 Å². The van der Waals surface area contributed by atoms with Crippen molar-refractivity contribution < 1.29 is 12.6 Å². The molecule has 3 rings (SSSR count). The topological polar surface area (TPSA) is 43.4 Å². The molecular weight excluding hydrogens is 356 g/mol. The van der Waals surface area contributed by atoms with Gasteiger partial charge in [-0.05, 0) is 80.8 Å². The van der Waals surface area contributed by atoms with Crippen molar-refractivity contribution >= 4 is 10.1 Å². The van der Waals surface area contributed by atoms with E-state index in [9.17, 15) is 8.42 Å². The largest absolute Gasteiger partial charge is 0.297 e. The van der Waals surface area contributed by atoms with Gasteiger partial charge in [-0.3, -0.25) is 4.18 Å². The van der Waals surface area contributed by atoms with E-state index in [0.717, 1.165) is 43.1 Å². The Balaban J connectivity index is 1.56. The molecule has 27 heavy (non-hydrogen) atoms. The normalized spacial score (nSPS) is 30.2. The molecule has 4 heteroatoms. The number of benzene rings is 1. The van der Waals surface area contributed by atoms with E-state index in [2.05, 4.69) is 20.8 Å². The van der Waals surface area contributed by atoms with Crippen LogP contribution >= 0.6 is 0 Å². The van der Waals surface area contributed by atoms with Gasteiger partial charge in [-0.15, -0.1) is 0 Å². The van der Waals surface area contributed by atoms with Crippen LogP contribution in [0.2, 0.25) is 0 Å². The quantitative estimate of drug-likeness (QED) is 0.568. The molecule has 0 saturated heterocycles. The predicted molar refractivity (Wildman–Crippen MR) is 110 cm³/mol. The third-order valence-electron chi connectivity index (χ3n) is 7.37. The lowest BCUT2D eigenvalue weighted by Crippen LogP contribution is -2.38. The zero-order chi connectivity index (χ0) is 19.7. The van der Waals surface area contributed by atoms with Gasteiger partial charge in [0.05, 0.1) is 11.0 Å². The zero-order valence-electron chi connectivity index (χ0n) is 17.4. The highest BCUT2D eigenvalue weighted by Gasteiger charge is 2.40. The maximum absolute atomic E-state index is 12.5. The maximum Gasteiger partial charge on any atom is 0.297 e. The van der Waals surface area contributed by atoms with Crippen LogP contribution in [0.25, 0.3) is 0 Å². The Morgan fingerprint density at radius 1 is 0.852 bits per heavy atom. The number of hydrogen-bond donors (Lipinski definition) is 0. The minimum Gasteiger partial charge on any atom is -0.263 e. The summed E-state index contributed by atoms with van der Waals surface area (Å²) in [5.41, 5.74) is 1.40. The molecule has 3 nitrogen and oxygen atoms in total. The Bertz CT molecular complexity index is 704. The van der Waals surface area contributed by atoms with Crippen molar-refractivity contribution in [1.82, 2.24) is 0 Å². The molecule has 2 aliphatic rings. The van der Waals surface area contributed by atoms with Gasteiger partial charge in [0, 0.05) is 0 Å². The summed E-state index contributed by atoms with van der Waals surface area (Å²) in [6.07, 6.45) is 9.11. The summed E-state index contributed by atoms with van der Waals surface area (Å²) in [6.45, 7) is 9.22. The van der Waals surface area contributed by atoms with Crippen molar-refractivity contribution in [2.45, 2.75) is 90.1 Å². The van der Waals surface area contributed by atoms with E-state index in [1.807, 2.05) is 19.1 Å². The summed E-state index contributed by atoms with van der Waals surface area (Å²) in [5, 5.41) is 0. The Hall–Kier alpha value is -0.870. The van der Waals surface area contributed by atoms with Crippen LogP contribution in [0.15, 0.2) is 29.2 Å². The Morgan fingerprint density at radius 3 is 1.85 bits per heavy atom. The Morgan fingerprint density at radius 2 is 1.33 bits per heavy atom. The molecule has 0 spiro atoms. The summed E-state index contributed by atoms with van der Waals surface area (Å²) in [6, 6.07) is 6.92. The molecule has 0 aliphatic heterocycles. The lowest BCUT2D eigenvalue weighted by Gasteiger charge is -2.46. The average molecular weight is 393 g/mol. The van der Waals surface area contributed by atoms with Crippen LogP contribution < -0.4 is 0 Å². The van der Waals surface area contributed by atoms with Crippen molar-refractivity contribution in [2.24, 2.45) is 23.2 Å². The van der Waals surface area contributed by atoms with Crippen LogP contribution in [0.5, 0.6) is 0 Å². The van der Waals surface area contributed by atoms with Gasteiger partial charge in [-0.1, -0.05) is 51.3 Å². The van der Waals surface area contributed by atoms with E-state index < -0.39 is 10.1 Å². The summed E-state index contributed by atoms with van der Waals surface area (Å²) in [5.74, 6) is 2.37. The highest BCUT2D eigenvalue weighted by Crippen LogP contribution is 2.49. The Labute approximate surface area is 166 Å². The molecule has 0 radical (unpaired) electrons. The summed E-state index contributed by atoms with van der Waals surface area (Å²) in [7, 11) is -3.66. The molecule has 152 valence electrons. The molecule has 2 saturated carbocycles. The second-order valence-corrected chi connectivity index (χ2v) is 11.2. The molecule has 0 atom stereocenters. The number of rotatable bonds is 5. The van der Waals surface area contributed by atoms with Crippen LogP contribution in [-0.4, -0.2) is 14.5 Å². The molecule has 2 fully saturated rings. The van der Waals surface area contributed by atoms with Crippen molar-refractivity contribution in [1.29, 1.82) is 0 Å².